The van der Waals surface area contributed by atoms with Crippen molar-refractivity contribution >= 4 is 5.82 Å². The molecule has 1 aromatic heterocycles. The lowest BCUT2D eigenvalue weighted by Gasteiger charge is -2.23. The fourth-order valence-corrected chi connectivity index (χ4v) is 2.06. The van der Waals surface area contributed by atoms with Crippen molar-refractivity contribution < 1.29 is 4.84 Å². The van der Waals surface area contributed by atoms with Gasteiger partial charge in [0.15, 0.2) is 5.66 Å². The number of hydrogen-bond donors (Lipinski definition) is 3. The molecule has 1 atom stereocenters. The minimum atomic E-state index is -1.04. The number of fused-ring (bicyclic) bond motifs is 1. The van der Waals surface area contributed by atoms with E-state index >= 15 is 0 Å². The lowest BCUT2D eigenvalue weighted by atomic mass is 9.93. The van der Waals surface area contributed by atoms with Gasteiger partial charge in [-0.1, -0.05) is 30.3 Å². The van der Waals surface area contributed by atoms with E-state index in [1.165, 1.54) is 0 Å². The number of benzene rings is 1. The topological polar surface area (TPSA) is 110 Å². The van der Waals surface area contributed by atoms with Crippen LogP contribution < -0.4 is 21.8 Å². The number of pyridine rings is 1. The first kappa shape index (κ1) is 11.5. The second-order valence-corrected chi connectivity index (χ2v) is 4.26. The Balaban J connectivity index is 2.19. The summed E-state index contributed by atoms with van der Waals surface area (Å²) in [5, 5.41) is 9.02. The van der Waals surface area contributed by atoms with Crippen LogP contribution in [0.1, 0.15) is 16.7 Å². The van der Waals surface area contributed by atoms with Crippen LogP contribution in [0, 0.1) is 11.3 Å². The van der Waals surface area contributed by atoms with E-state index < -0.39 is 5.66 Å². The fraction of sp³-hybridized carbons (Fsp3) is 0.0769. The highest BCUT2D eigenvalue weighted by Gasteiger charge is 2.40. The summed E-state index contributed by atoms with van der Waals surface area (Å²) in [5.41, 5.74) is 15.4. The summed E-state index contributed by atoms with van der Waals surface area (Å²) >= 11 is 0. The van der Waals surface area contributed by atoms with Gasteiger partial charge in [0.2, 0.25) is 5.88 Å². The first-order valence-electron chi connectivity index (χ1n) is 5.64. The van der Waals surface area contributed by atoms with E-state index in [0.29, 0.717) is 11.4 Å². The number of nitrogens with two attached hydrogens (primary N) is 2. The molecule has 1 aliphatic rings. The summed E-state index contributed by atoms with van der Waals surface area (Å²) in [6.07, 6.45) is 0. The van der Waals surface area contributed by atoms with Crippen molar-refractivity contribution in [2.75, 3.05) is 5.73 Å². The molecule has 19 heavy (non-hydrogen) atoms. The highest BCUT2D eigenvalue weighted by Crippen LogP contribution is 2.36. The van der Waals surface area contributed by atoms with Gasteiger partial charge in [0.25, 0.3) is 0 Å². The second-order valence-electron chi connectivity index (χ2n) is 4.26. The molecule has 0 radical (unpaired) electrons. The van der Waals surface area contributed by atoms with Crippen molar-refractivity contribution in [2.24, 2.45) is 5.73 Å². The molecular formula is C13H11N5O. The van der Waals surface area contributed by atoms with Gasteiger partial charge in [-0.3, -0.25) is 0 Å². The van der Waals surface area contributed by atoms with Crippen LogP contribution in [0.3, 0.4) is 0 Å². The molecular weight excluding hydrogens is 242 g/mol. The molecule has 5 N–H and O–H groups in total. The first-order valence-corrected chi connectivity index (χ1v) is 5.64. The molecule has 6 heteroatoms. The van der Waals surface area contributed by atoms with Crippen molar-refractivity contribution in [1.82, 2.24) is 10.5 Å². The zero-order chi connectivity index (χ0) is 13.5. The summed E-state index contributed by atoms with van der Waals surface area (Å²) in [4.78, 5) is 9.31. The highest BCUT2D eigenvalue weighted by molar-refractivity contribution is 5.56. The van der Waals surface area contributed by atoms with Crippen molar-refractivity contribution in [3.63, 3.8) is 0 Å². The Morgan fingerprint density at radius 2 is 2.05 bits per heavy atom. The van der Waals surface area contributed by atoms with Crippen LogP contribution in [0.4, 0.5) is 5.82 Å². The number of anilines is 1. The van der Waals surface area contributed by atoms with Crippen LogP contribution in [-0.2, 0) is 5.66 Å². The van der Waals surface area contributed by atoms with Gasteiger partial charge < -0.3 is 16.3 Å². The van der Waals surface area contributed by atoms with Crippen molar-refractivity contribution in [3.8, 4) is 11.9 Å². The minimum absolute atomic E-state index is 0.125. The third kappa shape index (κ3) is 1.61. The van der Waals surface area contributed by atoms with Crippen LogP contribution in [0.2, 0.25) is 0 Å². The van der Waals surface area contributed by atoms with Gasteiger partial charge in [-0.2, -0.15) is 10.2 Å². The maximum atomic E-state index is 9.02. The number of nitrogens with zero attached hydrogens (tertiary/aromatic N) is 2. The van der Waals surface area contributed by atoms with Gasteiger partial charge in [0, 0.05) is 0 Å². The molecule has 0 fully saturated rings. The van der Waals surface area contributed by atoms with E-state index in [0.717, 1.165) is 5.56 Å². The first-order chi connectivity index (χ1) is 9.15. The van der Waals surface area contributed by atoms with Gasteiger partial charge in [-0.25, -0.2) is 0 Å². The highest BCUT2D eigenvalue weighted by atomic mass is 16.7. The lowest BCUT2D eigenvalue weighted by molar-refractivity contribution is 0.151. The van der Waals surface area contributed by atoms with Gasteiger partial charge in [0.05, 0.1) is 11.1 Å². The monoisotopic (exact) mass is 253 g/mol. The van der Waals surface area contributed by atoms with Gasteiger partial charge in [-0.15, -0.1) is 5.48 Å². The van der Waals surface area contributed by atoms with Gasteiger partial charge >= 0.3 is 0 Å². The van der Waals surface area contributed by atoms with Crippen LogP contribution in [0.15, 0.2) is 36.4 Å². The SMILES string of the molecule is N#Cc1cc2c(nc1N)ONC2(N)c1ccccc1. The maximum Gasteiger partial charge on any atom is 0.246 e. The molecule has 0 amide bonds. The number of nitriles is 1. The van der Waals surface area contributed by atoms with Crippen molar-refractivity contribution in [1.29, 1.82) is 5.26 Å². The molecule has 0 spiro atoms. The zero-order valence-corrected chi connectivity index (χ0v) is 9.92. The van der Waals surface area contributed by atoms with Crippen molar-refractivity contribution in [3.05, 3.63) is 53.1 Å². The van der Waals surface area contributed by atoms with Crippen LogP contribution >= 0.6 is 0 Å². The fourth-order valence-electron chi connectivity index (χ4n) is 2.06. The largest absolute Gasteiger partial charge is 0.385 e. The summed E-state index contributed by atoms with van der Waals surface area (Å²) in [7, 11) is 0. The summed E-state index contributed by atoms with van der Waals surface area (Å²) in [6, 6.07) is 13.0. The average Bonchev–Trinajstić information content (AvgIpc) is 2.77. The quantitative estimate of drug-likeness (QED) is 0.686. The van der Waals surface area contributed by atoms with Gasteiger partial charge in [0.1, 0.15) is 11.9 Å². The molecule has 6 nitrogen and oxygen atoms in total. The molecule has 1 unspecified atom stereocenters. The Morgan fingerprint density at radius 3 is 2.74 bits per heavy atom. The molecule has 0 aliphatic carbocycles. The standard InChI is InChI=1S/C13H11N5O/c14-7-8-6-10-12(17-11(8)15)19-18-13(10,16)9-4-2-1-3-5-9/h1-6,18H,16H2,(H2,15,17). The molecule has 1 aliphatic heterocycles. The molecule has 0 saturated carbocycles. The van der Waals surface area contributed by atoms with E-state index in [1.54, 1.807) is 6.07 Å². The Morgan fingerprint density at radius 1 is 1.32 bits per heavy atom. The molecule has 94 valence electrons. The average molecular weight is 253 g/mol. The minimum Gasteiger partial charge on any atom is -0.385 e. The maximum absolute atomic E-state index is 9.02. The predicted molar refractivity (Wildman–Crippen MR) is 68.5 cm³/mol. The smallest absolute Gasteiger partial charge is 0.246 e. The Bertz CT molecular complexity index is 679. The number of rotatable bonds is 1. The van der Waals surface area contributed by atoms with E-state index in [9.17, 15) is 0 Å². The van der Waals surface area contributed by atoms with E-state index in [-0.39, 0.29) is 11.4 Å². The van der Waals surface area contributed by atoms with Crippen LogP contribution in [0.25, 0.3) is 0 Å². The second kappa shape index (κ2) is 3.95. The molecule has 0 bridgehead atoms. The van der Waals surface area contributed by atoms with E-state index in [2.05, 4.69) is 10.5 Å². The molecule has 1 aromatic carbocycles. The Labute approximate surface area is 109 Å². The van der Waals surface area contributed by atoms with E-state index in [1.807, 2.05) is 36.4 Å². The number of nitrogen functional groups attached to an aromatic ring is 1. The molecule has 0 saturated heterocycles. The van der Waals surface area contributed by atoms with Crippen LogP contribution in [0.5, 0.6) is 5.88 Å². The normalized spacial score (nSPS) is 20.4. The number of aromatic nitrogens is 1. The molecule has 2 aromatic rings. The lowest BCUT2D eigenvalue weighted by Crippen LogP contribution is -2.48. The van der Waals surface area contributed by atoms with Gasteiger partial charge in [-0.05, 0) is 11.6 Å². The summed E-state index contributed by atoms with van der Waals surface area (Å²) < 4.78 is 0. The third-order valence-corrected chi connectivity index (χ3v) is 3.10. The van der Waals surface area contributed by atoms with Crippen LogP contribution in [-0.4, -0.2) is 4.98 Å². The number of hydrogen-bond acceptors (Lipinski definition) is 6. The summed E-state index contributed by atoms with van der Waals surface area (Å²) in [6.45, 7) is 0. The number of hydroxylamine groups is 1. The molecule has 2 heterocycles. The third-order valence-electron chi connectivity index (χ3n) is 3.10. The molecule has 3 rings (SSSR count). The Kier molecular flexibility index (Phi) is 2.38. The number of nitrogens with one attached hydrogen (secondary N) is 1. The zero-order valence-electron chi connectivity index (χ0n) is 9.92. The Hall–Kier alpha value is -2.62. The van der Waals surface area contributed by atoms with Crippen molar-refractivity contribution in [2.45, 2.75) is 5.66 Å². The summed E-state index contributed by atoms with van der Waals surface area (Å²) in [5.74, 6) is 0.420. The van der Waals surface area contributed by atoms with E-state index in [4.69, 9.17) is 21.6 Å². The predicted octanol–water partition coefficient (Wildman–Crippen LogP) is 0.592.